The molecule has 0 saturated carbocycles. The van der Waals surface area contributed by atoms with Crippen LogP contribution in [0.3, 0.4) is 0 Å². The van der Waals surface area contributed by atoms with Gasteiger partial charge in [0.2, 0.25) is 16.8 Å². The number of carbonyl (C=O) groups excluding carboxylic acids is 1. The predicted octanol–water partition coefficient (Wildman–Crippen LogP) is 3.97. The molecule has 0 bridgehead atoms. The first-order valence-electron chi connectivity index (χ1n) is 16.6. The summed E-state index contributed by atoms with van der Waals surface area (Å²) >= 11 is 0. The minimum Gasteiger partial charge on any atom is -0.489 e. The standard InChI is InChI=1S/C36H41N3O10S/c1-23(2)18-39(50(42,43)28-11-12-32-33(16-28)48-22-47-32)19-31(40)30(38-36(41)49-34-21-46-35-29(34)13-14-44-35)15-24-7-9-27(10-8-24)45-20-26-5-3-25(17-37)4-6-26/h3-12,16,23,29-31,34-35,40H,13-15,18-22H2,1-2H3,(H,38,41)/t29-,30?,31+,34-,35+/m0/s1. The number of rotatable bonds is 14. The Bertz CT molecular complexity index is 1780. The zero-order valence-electron chi connectivity index (χ0n) is 27.9. The van der Waals surface area contributed by atoms with Crippen molar-refractivity contribution in [1.29, 1.82) is 5.26 Å². The summed E-state index contributed by atoms with van der Waals surface area (Å²) in [7, 11) is -4.08. The molecule has 14 heteroatoms. The molecule has 13 nitrogen and oxygen atoms in total. The number of hydrogen-bond donors (Lipinski definition) is 2. The summed E-state index contributed by atoms with van der Waals surface area (Å²) in [6.07, 6.45) is -2.10. The van der Waals surface area contributed by atoms with Crippen molar-refractivity contribution in [2.45, 2.75) is 62.7 Å². The molecule has 0 aromatic heterocycles. The monoisotopic (exact) mass is 707 g/mol. The van der Waals surface area contributed by atoms with Gasteiger partial charge in [-0.25, -0.2) is 13.2 Å². The lowest BCUT2D eigenvalue weighted by Crippen LogP contribution is -2.51. The van der Waals surface area contributed by atoms with E-state index in [9.17, 15) is 18.3 Å². The number of benzene rings is 3. The number of nitrogens with one attached hydrogen (secondary N) is 1. The van der Waals surface area contributed by atoms with Crippen LogP contribution >= 0.6 is 0 Å². The highest BCUT2D eigenvalue weighted by molar-refractivity contribution is 7.89. The number of sulfonamides is 1. The van der Waals surface area contributed by atoms with Gasteiger partial charge in [0, 0.05) is 19.2 Å². The lowest BCUT2D eigenvalue weighted by Gasteiger charge is -2.31. The lowest BCUT2D eigenvalue weighted by atomic mass is 10.0. The average Bonchev–Trinajstić information content (AvgIpc) is 3.86. The molecule has 50 heavy (non-hydrogen) atoms. The van der Waals surface area contributed by atoms with Crippen LogP contribution in [0.4, 0.5) is 4.79 Å². The molecule has 0 aliphatic carbocycles. The van der Waals surface area contributed by atoms with E-state index in [1.807, 2.05) is 38.1 Å². The fourth-order valence-corrected chi connectivity index (χ4v) is 7.81. The first kappa shape index (κ1) is 35.4. The second-order valence-corrected chi connectivity index (χ2v) is 14.9. The van der Waals surface area contributed by atoms with E-state index in [1.54, 1.807) is 30.3 Å². The molecule has 2 fully saturated rings. The van der Waals surface area contributed by atoms with Gasteiger partial charge in [-0.1, -0.05) is 38.1 Å². The van der Waals surface area contributed by atoms with Crippen LogP contribution in [-0.4, -0.2) is 81.6 Å². The minimum absolute atomic E-state index is 0.00233. The Labute approximate surface area is 291 Å². The number of fused-ring (bicyclic) bond motifs is 2. The Morgan fingerprint density at radius 1 is 1.02 bits per heavy atom. The molecule has 5 atom stereocenters. The van der Waals surface area contributed by atoms with Crippen LogP contribution in [0.1, 0.15) is 37.0 Å². The molecule has 3 aliphatic heterocycles. The summed E-state index contributed by atoms with van der Waals surface area (Å²) in [6.45, 7) is 4.64. The number of amides is 1. The summed E-state index contributed by atoms with van der Waals surface area (Å²) in [5, 5.41) is 23.5. The third kappa shape index (κ3) is 8.48. The first-order chi connectivity index (χ1) is 24.1. The Balaban J connectivity index is 1.17. The molecule has 0 radical (unpaired) electrons. The van der Waals surface area contributed by atoms with Crippen molar-refractivity contribution in [3.63, 3.8) is 0 Å². The Morgan fingerprint density at radius 3 is 2.50 bits per heavy atom. The van der Waals surface area contributed by atoms with Crippen LogP contribution in [0, 0.1) is 23.2 Å². The molecule has 3 heterocycles. The maximum atomic E-state index is 13.9. The molecule has 1 amide bonds. The second kappa shape index (κ2) is 15.7. The van der Waals surface area contributed by atoms with Gasteiger partial charge < -0.3 is 38.8 Å². The molecule has 0 spiro atoms. The van der Waals surface area contributed by atoms with Crippen LogP contribution in [-0.2, 0) is 37.3 Å². The van der Waals surface area contributed by atoms with Crippen molar-refractivity contribution in [3.8, 4) is 23.3 Å². The number of hydrogen-bond acceptors (Lipinski definition) is 11. The van der Waals surface area contributed by atoms with E-state index in [-0.39, 0.29) is 49.6 Å². The topological polar surface area (TPSA) is 166 Å². The smallest absolute Gasteiger partial charge is 0.407 e. The van der Waals surface area contributed by atoms with E-state index < -0.39 is 40.7 Å². The lowest BCUT2D eigenvalue weighted by molar-refractivity contribution is -0.0907. The van der Waals surface area contributed by atoms with Gasteiger partial charge in [0.25, 0.3) is 0 Å². The van der Waals surface area contributed by atoms with Crippen molar-refractivity contribution in [1.82, 2.24) is 9.62 Å². The summed E-state index contributed by atoms with van der Waals surface area (Å²) in [5.74, 6) is 1.25. The number of nitrogens with zero attached hydrogens (tertiary/aromatic N) is 2. The highest BCUT2D eigenvalue weighted by atomic mass is 32.2. The molecular formula is C36H41N3O10S. The molecule has 2 saturated heterocycles. The van der Waals surface area contributed by atoms with Gasteiger partial charge in [-0.15, -0.1) is 0 Å². The van der Waals surface area contributed by atoms with Crippen molar-refractivity contribution in [2.75, 3.05) is 33.1 Å². The zero-order chi connectivity index (χ0) is 35.3. The van der Waals surface area contributed by atoms with Gasteiger partial charge in [-0.2, -0.15) is 9.57 Å². The Hall–Kier alpha value is -4.39. The average molecular weight is 708 g/mol. The number of aliphatic hydroxyl groups excluding tert-OH is 1. The first-order valence-corrected chi connectivity index (χ1v) is 18.0. The number of alkyl carbamates (subject to hydrolysis) is 1. The van der Waals surface area contributed by atoms with Gasteiger partial charge in [0.1, 0.15) is 18.5 Å². The zero-order valence-corrected chi connectivity index (χ0v) is 28.7. The molecule has 3 aromatic rings. The molecule has 2 N–H and O–H groups in total. The van der Waals surface area contributed by atoms with E-state index in [1.165, 1.54) is 16.4 Å². The van der Waals surface area contributed by atoms with Crippen molar-refractivity contribution in [3.05, 3.63) is 83.4 Å². The fraction of sp³-hybridized carbons (Fsp3) is 0.444. The largest absolute Gasteiger partial charge is 0.489 e. The van der Waals surface area contributed by atoms with Gasteiger partial charge in [-0.05, 0) is 66.3 Å². The van der Waals surface area contributed by atoms with E-state index in [0.29, 0.717) is 42.4 Å². The van der Waals surface area contributed by atoms with Gasteiger partial charge in [-0.3, -0.25) is 0 Å². The van der Waals surface area contributed by atoms with Crippen LogP contribution in [0.2, 0.25) is 0 Å². The van der Waals surface area contributed by atoms with Crippen molar-refractivity contribution < 1.29 is 46.7 Å². The summed E-state index contributed by atoms with van der Waals surface area (Å²) in [6, 6.07) is 19.9. The predicted molar refractivity (Wildman–Crippen MR) is 179 cm³/mol. The molecule has 3 aliphatic rings. The van der Waals surface area contributed by atoms with Crippen LogP contribution in [0.5, 0.6) is 17.2 Å². The Morgan fingerprint density at radius 2 is 1.76 bits per heavy atom. The molecule has 266 valence electrons. The second-order valence-electron chi connectivity index (χ2n) is 13.0. The number of aliphatic hydroxyl groups is 1. The van der Waals surface area contributed by atoms with Crippen LogP contribution < -0.4 is 19.5 Å². The fourth-order valence-electron chi connectivity index (χ4n) is 6.17. The number of nitriles is 1. The maximum Gasteiger partial charge on any atom is 0.407 e. The number of carbonyl (C=O) groups is 1. The van der Waals surface area contributed by atoms with Crippen molar-refractivity contribution >= 4 is 16.1 Å². The third-order valence-electron chi connectivity index (χ3n) is 8.82. The molecule has 3 aromatic carbocycles. The van der Waals surface area contributed by atoms with Gasteiger partial charge in [0.15, 0.2) is 17.8 Å². The van der Waals surface area contributed by atoms with Gasteiger partial charge >= 0.3 is 6.09 Å². The minimum atomic E-state index is -4.08. The molecule has 6 rings (SSSR count). The van der Waals surface area contributed by atoms with E-state index >= 15 is 0 Å². The normalized spacial score (nSPS) is 20.7. The Kier molecular flexibility index (Phi) is 11.1. The van der Waals surface area contributed by atoms with E-state index in [0.717, 1.165) is 11.1 Å². The third-order valence-corrected chi connectivity index (χ3v) is 10.6. The highest BCUT2D eigenvalue weighted by Gasteiger charge is 2.44. The quantitative estimate of drug-likeness (QED) is 0.249. The summed E-state index contributed by atoms with van der Waals surface area (Å²) < 4.78 is 62.6. The van der Waals surface area contributed by atoms with E-state index in [2.05, 4.69) is 11.4 Å². The summed E-state index contributed by atoms with van der Waals surface area (Å²) in [5.41, 5.74) is 2.24. The van der Waals surface area contributed by atoms with Gasteiger partial charge in [0.05, 0.1) is 47.8 Å². The van der Waals surface area contributed by atoms with Crippen molar-refractivity contribution in [2.24, 2.45) is 11.8 Å². The molecular weight excluding hydrogens is 666 g/mol. The summed E-state index contributed by atoms with van der Waals surface area (Å²) in [4.78, 5) is 13.3. The molecule has 1 unspecified atom stereocenters. The highest BCUT2D eigenvalue weighted by Crippen LogP contribution is 2.35. The van der Waals surface area contributed by atoms with Crippen LogP contribution in [0.25, 0.3) is 0 Å². The number of ether oxygens (including phenoxy) is 6. The SMILES string of the molecule is CC(C)CN(C[C@@H](O)C(Cc1ccc(OCc2ccc(C#N)cc2)cc1)NC(=O)O[C@H]1CO[C@H]2OCC[C@H]21)S(=O)(=O)c1ccc2c(c1)OCO2. The van der Waals surface area contributed by atoms with Crippen LogP contribution in [0.15, 0.2) is 71.6 Å². The van der Waals surface area contributed by atoms with E-state index in [4.69, 9.17) is 33.7 Å². The maximum absolute atomic E-state index is 13.9.